The molecule has 7 nitrogen and oxygen atoms in total. The molecule has 3 aromatic heterocycles. The first-order chi connectivity index (χ1) is 13.8. The molecule has 1 N–H and O–H groups in total. The van der Waals surface area contributed by atoms with E-state index in [2.05, 4.69) is 31.3 Å². The van der Waals surface area contributed by atoms with Crippen molar-refractivity contribution in [2.45, 2.75) is 25.9 Å². The number of nitrogens with one attached hydrogen (secondary N) is 1. The third-order valence-corrected chi connectivity index (χ3v) is 5.05. The number of pyridine rings is 2. The van der Waals surface area contributed by atoms with Crippen molar-refractivity contribution in [2.24, 2.45) is 5.92 Å². The molecule has 0 bridgehead atoms. The zero-order chi connectivity index (χ0) is 19.2. The fourth-order valence-electron chi connectivity index (χ4n) is 3.66. The molecule has 4 rings (SSSR count). The van der Waals surface area contributed by atoms with Crippen LogP contribution in [0.3, 0.4) is 0 Å². The number of nitrogens with zero attached hydrogens (tertiary/aromatic N) is 5. The van der Waals surface area contributed by atoms with Crippen LogP contribution in [0, 0.1) is 5.92 Å². The van der Waals surface area contributed by atoms with Crippen molar-refractivity contribution < 1.29 is 4.79 Å². The highest BCUT2D eigenvalue weighted by atomic mass is 16.1. The normalized spacial score (nSPS) is 17.4. The van der Waals surface area contributed by atoms with Crippen LogP contribution in [-0.4, -0.2) is 43.6 Å². The van der Waals surface area contributed by atoms with E-state index >= 15 is 0 Å². The lowest BCUT2D eigenvalue weighted by Gasteiger charge is -2.32. The van der Waals surface area contributed by atoms with Crippen molar-refractivity contribution in [3.8, 4) is 5.82 Å². The second kappa shape index (κ2) is 8.75. The number of aromatic nitrogens is 4. The first-order valence-corrected chi connectivity index (χ1v) is 9.62. The molecule has 3 aromatic rings. The van der Waals surface area contributed by atoms with Gasteiger partial charge in [-0.05, 0) is 43.1 Å². The minimum atomic E-state index is 0.00949. The first-order valence-electron chi connectivity index (χ1n) is 9.62. The second-order valence-corrected chi connectivity index (χ2v) is 7.09. The minimum absolute atomic E-state index is 0.00949. The second-order valence-electron chi connectivity index (χ2n) is 7.09. The van der Waals surface area contributed by atoms with E-state index in [0.29, 0.717) is 6.54 Å². The van der Waals surface area contributed by atoms with E-state index in [9.17, 15) is 4.79 Å². The third-order valence-electron chi connectivity index (χ3n) is 5.05. The molecular weight excluding hydrogens is 352 g/mol. The Kier molecular flexibility index (Phi) is 5.72. The van der Waals surface area contributed by atoms with Gasteiger partial charge in [-0.15, -0.1) is 0 Å². The quantitative estimate of drug-likeness (QED) is 0.714. The lowest BCUT2D eigenvalue weighted by Crippen LogP contribution is -2.42. The summed E-state index contributed by atoms with van der Waals surface area (Å²) in [6, 6.07) is 9.74. The molecule has 0 spiro atoms. The van der Waals surface area contributed by atoms with Gasteiger partial charge in [0.05, 0.1) is 5.92 Å². The number of amides is 1. The zero-order valence-corrected chi connectivity index (χ0v) is 15.7. The molecule has 1 fully saturated rings. The van der Waals surface area contributed by atoms with Crippen LogP contribution in [-0.2, 0) is 17.9 Å². The molecule has 0 radical (unpaired) electrons. The molecule has 28 heavy (non-hydrogen) atoms. The third kappa shape index (κ3) is 4.43. The van der Waals surface area contributed by atoms with Crippen molar-refractivity contribution in [1.29, 1.82) is 0 Å². The molecule has 1 atom stereocenters. The van der Waals surface area contributed by atoms with Crippen LogP contribution >= 0.6 is 0 Å². The summed E-state index contributed by atoms with van der Waals surface area (Å²) in [7, 11) is 0. The standard InChI is InChI=1S/C21H24N6O/c28-21(19-7-3-11-26(16-19)15-17-5-1-8-22-13-17)24-14-18-6-2-9-23-20(18)27-12-4-10-25-27/h1-2,4-6,8-10,12-13,19H,3,7,11,14-16H2,(H,24,28)/t19-/m0/s1. The van der Waals surface area contributed by atoms with E-state index in [1.807, 2.05) is 36.7 Å². The number of hydrogen-bond acceptors (Lipinski definition) is 5. The van der Waals surface area contributed by atoms with Gasteiger partial charge in [-0.25, -0.2) is 9.67 Å². The Bertz CT molecular complexity index is 896. The van der Waals surface area contributed by atoms with Gasteiger partial charge in [-0.2, -0.15) is 5.10 Å². The zero-order valence-electron chi connectivity index (χ0n) is 15.7. The molecule has 0 aromatic carbocycles. The summed E-state index contributed by atoms with van der Waals surface area (Å²) in [5.74, 6) is 0.857. The summed E-state index contributed by atoms with van der Waals surface area (Å²) in [6.07, 6.45) is 10.9. The molecule has 7 heteroatoms. The van der Waals surface area contributed by atoms with E-state index < -0.39 is 0 Å². The van der Waals surface area contributed by atoms with Crippen LogP contribution in [0.15, 0.2) is 61.3 Å². The van der Waals surface area contributed by atoms with Crippen LogP contribution in [0.1, 0.15) is 24.0 Å². The van der Waals surface area contributed by atoms with E-state index in [4.69, 9.17) is 0 Å². The van der Waals surface area contributed by atoms with Crippen LogP contribution in [0.2, 0.25) is 0 Å². The van der Waals surface area contributed by atoms with E-state index in [0.717, 1.165) is 43.9 Å². The number of carbonyl (C=O) groups is 1. The Hall–Kier alpha value is -3.06. The van der Waals surface area contributed by atoms with Crippen LogP contribution < -0.4 is 5.32 Å². The number of likely N-dealkylation sites (tertiary alicyclic amines) is 1. The maximum absolute atomic E-state index is 12.8. The Morgan fingerprint density at radius 1 is 1.18 bits per heavy atom. The van der Waals surface area contributed by atoms with Crippen molar-refractivity contribution in [1.82, 2.24) is 30.0 Å². The fourth-order valence-corrected chi connectivity index (χ4v) is 3.66. The summed E-state index contributed by atoms with van der Waals surface area (Å²) in [4.78, 5) is 23.7. The lowest BCUT2D eigenvalue weighted by molar-refractivity contribution is -0.126. The minimum Gasteiger partial charge on any atom is -0.352 e. The van der Waals surface area contributed by atoms with Gasteiger partial charge in [0.25, 0.3) is 0 Å². The molecule has 1 saturated heterocycles. The van der Waals surface area contributed by atoms with E-state index in [-0.39, 0.29) is 11.8 Å². The number of rotatable bonds is 6. The monoisotopic (exact) mass is 376 g/mol. The number of piperidine rings is 1. The van der Waals surface area contributed by atoms with Gasteiger partial charge >= 0.3 is 0 Å². The van der Waals surface area contributed by atoms with Crippen molar-refractivity contribution in [2.75, 3.05) is 13.1 Å². The highest BCUT2D eigenvalue weighted by Gasteiger charge is 2.25. The number of hydrogen-bond donors (Lipinski definition) is 1. The average molecular weight is 376 g/mol. The van der Waals surface area contributed by atoms with Crippen molar-refractivity contribution >= 4 is 5.91 Å². The van der Waals surface area contributed by atoms with Gasteiger partial charge in [-0.1, -0.05) is 12.1 Å². The van der Waals surface area contributed by atoms with Crippen LogP contribution in [0.25, 0.3) is 5.82 Å². The summed E-state index contributed by atoms with van der Waals surface area (Å²) in [6.45, 7) is 3.08. The lowest BCUT2D eigenvalue weighted by atomic mass is 9.96. The molecule has 1 aliphatic rings. The fraction of sp³-hybridized carbons (Fsp3) is 0.333. The van der Waals surface area contributed by atoms with Crippen LogP contribution in [0.5, 0.6) is 0 Å². The highest BCUT2D eigenvalue weighted by molar-refractivity contribution is 5.79. The highest BCUT2D eigenvalue weighted by Crippen LogP contribution is 2.19. The maximum atomic E-state index is 12.8. The molecule has 1 amide bonds. The maximum Gasteiger partial charge on any atom is 0.224 e. The summed E-state index contributed by atoms with van der Waals surface area (Å²) in [5, 5.41) is 7.34. The predicted octanol–water partition coefficient (Wildman–Crippen LogP) is 2.19. The summed E-state index contributed by atoms with van der Waals surface area (Å²) < 4.78 is 1.72. The molecule has 0 unspecified atom stereocenters. The van der Waals surface area contributed by atoms with Gasteiger partial charge in [0.1, 0.15) is 0 Å². The molecule has 4 heterocycles. The number of carbonyl (C=O) groups excluding carboxylic acids is 1. The largest absolute Gasteiger partial charge is 0.352 e. The summed E-state index contributed by atoms with van der Waals surface area (Å²) >= 11 is 0. The smallest absolute Gasteiger partial charge is 0.224 e. The summed E-state index contributed by atoms with van der Waals surface area (Å²) in [5.41, 5.74) is 2.13. The Balaban J connectivity index is 1.35. The molecular formula is C21H24N6O. The van der Waals surface area contributed by atoms with E-state index in [1.54, 1.807) is 23.3 Å². The van der Waals surface area contributed by atoms with E-state index in [1.165, 1.54) is 5.56 Å². The SMILES string of the molecule is O=C(NCc1cccnc1-n1cccn1)[C@H]1CCCN(Cc2cccnc2)C1. The topological polar surface area (TPSA) is 75.9 Å². The van der Waals surface area contributed by atoms with Crippen molar-refractivity contribution in [3.63, 3.8) is 0 Å². The van der Waals surface area contributed by atoms with Crippen LogP contribution in [0.4, 0.5) is 0 Å². The van der Waals surface area contributed by atoms with Crippen molar-refractivity contribution in [3.05, 3.63) is 72.4 Å². The molecule has 0 saturated carbocycles. The van der Waals surface area contributed by atoms with Gasteiger partial charge in [0, 0.05) is 56.2 Å². The van der Waals surface area contributed by atoms with Gasteiger partial charge in [-0.3, -0.25) is 14.7 Å². The van der Waals surface area contributed by atoms with Gasteiger partial charge in [0.15, 0.2) is 5.82 Å². The Morgan fingerprint density at radius 3 is 2.93 bits per heavy atom. The Morgan fingerprint density at radius 2 is 2.11 bits per heavy atom. The molecule has 1 aliphatic heterocycles. The molecule has 144 valence electrons. The molecule has 0 aliphatic carbocycles. The Labute approximate surface area is 164 Å². The van der Waals surface area contributed by atoms with Gasteiger partial charge in [0.2, 0.25) is 5.91 Å². The van der Waals surface area contributed by atoms with Gasteiger partial charge < -0.3 is 5.32 Å². The average Bonchev–Trinajstić information content (AvgIpc) is 3.28. The first kappa shape index (κ1) is 18.3. The predicted molar refractivity (Wildman–Crippen MR) is 105 cm³/mol.